The van der Waals surface area contributed by atoms with E-state index in [-0.39, 0.29) is 5.91 Å². The Bertz CT molecular complexity index is 1210. The van der Waals surface area contributed by atoms with Gasteiger partial charge < -0.3 is 19.4 Å². The molecular formula is C32H47N7O. The normalized spacial score (nSPS) is 17.9. The Kier molecular flexibility index (Phi) is 9.06. The topological polar surface area (TPSA) is 73.3 Å². The molecule has 0 aliphatic carbocycles. The molecule has 4 heterocycles. The van der Waals surface area contributed by atoms with Crippen molar-refractivity contribution in [2.45, 2.75) is 73.1 Å². The van der Waals surface area contributed by atoms with E-state index in [9.17, 15) is 4.79 Å². The van der Waals surface area contributed by atoms with E-state index in [4.69, 9.17) is 0 Å². The molecule has 216 valence electrons. The van der Waals surface area contributed by atoms with E-state index in [1.165, 1.54) is 57.5 Å². The molecule has 2 fully saturated rings. The summed E-state index contributed by atoms with van der Waals surface area (Å²) in [6.07, 6.45) is 11.3. The van der Waals surface area contributed by atoms with Gasteiger partial charge in [-0.3, -0.25) is 9.69 Å². The van der Waals surface area contributed by atoms with Crippen molar-refractivity contribution < 1.29 is 4.79 Å². The first-order valence-corrected chi connectivity index (χ1v) is 15.1. The van der Waals surface area contributed by atoms with Crippen LogP contribution in [0.3, 0.4) is 0 Å². The third kappa shape index (κ3) is 7.21. The number of nitrogens with one attached hydrogen (secondary N) is 1. The summed E-state index contributed by atoms with van der Waals surface area (Å²) in [6.45, 7) is 17.8. The first kappa shape index (κ1) is 28.6. The van der Waals surface area contributed by atoms with Crippen LogP contribution >= 0.6 is 0 Å². The number of likely N-dealkylation sites (tertiary alicyclic amines) is 2. The zero-order chi connectivity index (χ0) is 28.1. The highest BCUT2D eigenvalue weighted by molar-refractivity contribution is 5.94. The summed E-state index contributed by atoms with van der Waals surface area (Å²) in [4.78, 5) is 32.9. The number of imidazole rings is 2. The first-order chi connectivity index (χ1) is 19.3. The minimum Gasteiger partial charge on any atom is -0.347 e. The number of benzene rings is 1. The van der Waals surface area contributed by atoms with Crippen LogP contribution in [0.5, 0.6) is 0 Å². The standard InChI is InChI=1S/C32H47N7O/c1-25(2)19-36-15-9-32(10-16-36)11-17-37(24-32)21-27-5-7-28(8-6-27)31(40)39(22-29-33-12-13-34-29)23-30-35-14-18-38(30)20-26(3)4/h5-8,12-14,18,25-26H,9-11,15-17,19-24H2,1-4H3,(H,33,34). The van der Waals surface area contributed by atoms with Crippen molar-refractivity contribution in [3.63, 3.8) is 0 Å². The second kappa shape index (κ2) is 12.7. The van der Waals surface area contributed by atoms with Gasteiger partial charge in [0, 0.05) is 56.5 Å². The summed E-state index contributed by atoms with van der Waals surface area (Å²) in [5.74, 6) is 2.90. The molecule has 1 N–H and O–H groups in total. The maximum atomic E-state index is 13.7. The maximum Gasteiger partial charge on any atom is 0.254 e. The van der Waals surface area contributed by atoms with E-state index in [0.29, 0.717) is 30.0 Å². The van der Waals surface area contributed by atoms with Gasteiger partial charge in [0.2, 0.25) is 0 Å². The molecule has 1 aromatic carbocycles. The van der Waals surface area contributed by atoms with Crippen molar-refractivity contribution in [3.8, 4) is 0 Å². The van der Waals surface area contributed by atoms with Crippen molar-refractivity contribution >= 4 is 5.91 Å². The predicted molar refractivity (Wildman–Crippen MR) is 159 cm³/mol. The number of carbonyl (C=O) groups is 1. The number of carbonyl (C=O) groups excluding carboxylic acids is 1. The van der Waals surface area contributed by atoms with Crippen LogP contribution in [0.15, 0.2) is 49.1 Å². The highest BCUT2D eigenvalue weighted by Crippen LogP contribution is 2.41. The maximum absolute atomic E-state index is 13.7. The van der Waals surface area contributed by atoms with Gasteiger partial charge in [-0.15, -0.1) is 0 Å². The number of nitrogens with zero attached hydrogens (tertiary/aromatic N) is 6. The molecule has 0 saturated carbocycles. The zero-order valence-corrected chi connectivity index (χ0v) is 24.9. The lowest BCUT2D eigenvalue weighted by Gasteiger charge is -2.40. The SMILES string of the molecule is CC(C)CN1CCC2(CC1)CCN(Cc1ccc(C(=O)N(Cc3ncc[nH]3)Cc3nccn3CC(C)C)cc1)C2. The van der Waals surface area contributed by atoms with Crippen LogP contribution in [0.1, 0.15) is 74.5 Å². The molecule has 3 aromatic rings. The molecule has 40 heavy (non-hydrogen) atoms. The fourth-order valence-electron chi connectivity index (χ4n) is 6.48. The van der Waals surface area contributed by atoms with Crippen LogP contribution in [-0.4, -0.2) is 72.8 Å². The lowest BCUT2D eigenvalue weighted by Crippen LogP contribution is -2.42. The van der Waals surface area contributed by atoms with Gasteiger partial charge >= 0.3 is 0 Å². The average molecular weight is 546 g/mol. The average Bonchev–Trinajstić information content (AvgIpc) is 3.68. The minimum atomic E-state index is -0.00432. The molecule has 1 spiro atoms. The number of hydrogen-bond acceptors (Lipinski definition) is 5. The second-order valence-electron chi connectivity index (χ2n) is 12.9. The smallest absolute Gasteiger partial charge is 0.254 e. The Morgan fingerprint density at radius 3 is 2.27 bits per heavy atom. The summed E-state index contributed by atoms with van der Waals surface area (Å²) in [5.41, 5.74) is 2.47. The number of piperidine rings is 1. The van der Waals surface area contributed by atoms with Crippen molar-refractivity contribution in [3.05, 3.63) is 71.8 Å². The third-order valence-electron chi connectivity index (χ3n) is 8.54. The Labute approximate surface area is 239 Å². The first-order valence-electron chi connectivity index (χ1n) is 15.1. The van der Waals surface area contributed by atoms with E-state index in [2.05, 4.69) is 69.1 Å². The van der Waals surface area contributed by atoms with Gasteiger partial charge in [-0.25, -0.2) is 9.97 Å². The molecule has 2 aliphatic heterocycles. The molecule has 1 amide bonds. The van der Waals surface area contributed by atoms with Crippen LogP contribution < -0.4 is 0 Å². The van der Waals surface area contributed by atoms with Crippen LogP contribution in [0, 0.1) is 17.3 Å². The summed E-state index contributed by atoms with van der Waals surface area (Å²) in [7, 11) is 0. The van der Waals surface area contributed by atoms with Gasteiger partial charge in [0.05, 0.1) is 13.1 Å². The van der Waals surface area contributed by atoms with E-state index in [0.717, 1.165) is 30.7 Å². The van der Waals surface area contributed by atoms with Crippen LogP contribution in [0.4, 0.5) is 0 Å². The predicted octanol–water partition coefficient (Wildman–Crippen LogP) is 5.05. The second-order valence-corrected chi connectivity index (χ2v) is 12.9. The zero-order valence-electron chi connectivity index (χ0n) is 24.9. The quantitative estimate of drug-likeness (QED) is 0.365. The number of amides is 1. The van der Waals surface area contributed by atoms with Gasteiger partial charge in [0.15, 0.2) is 0 Å². The Morgan fingerprint density at radius 2 is 1.62 bits per heavy atom. The van der Waals surface area contributed by atoms with Crippen LogP contribution in [0.25, 0.3) is 0 Å². The molecule has 0 atom stereocenters. The van der Waals surface area contributed by atoms with Crippen molar-refractivity contribution in [1.82, 2.24) is 34.2 Å². The molecule has 0 radical (unpaired) electrons. The summed E-state index contributed by atoms with van der Waals surface area (Å²) >= 11 is 0. The van der Waals surface area contributed by atoms with Gasteiger partial charge in [-0.1, -0.05) is 39.8 Å². The van der Waals surface area contributed by atoms with Gasteiger partial charge in [0.1, 0.15) is 11.6 Å². The lowest BCUT2D eigenvalue weighted by atomic mass is 9.77. The highest BCUT2D eigenvalue weighted by atomic mass is 16.2. The number of aromatic nitrogens is 4. The molecule has 5 rings (SSSR count). The molecule has 2 aromatic heterocycles. The number of H-pyrrole nitrogens is 1. The molecular weight excluding hydrogens is 498 g/mol. The fraction of sp³-hybridized carbons (Fsp3) is 0.594. The monoisotopic (exact) mass is 545 g/mol. The summed E-state index contributed by atoms with van der Waals surface area (Å²) in [6, 6.07) is 8.25. The Morgan fingerprint density at radius 1 is 0.925 bits per heavy atom. The Hall–Kier alpha value is -2.97. The van der Waals surface area contributed by atoms with E-state index in [1.54, 1.807) is 12.4 Å². The van der Waals surface area contributed by atoms with Crippen molar-refractivity contribution in [2.24, 2.45) is 17.3 Å². The molecule has 2 saturated heterocycles. The lowest BCUT2D eigenvalue weighted by molar-refractivity contribution is 0.0719. The highest BCUT2D eigenvalue weighted by Gasteiger charge is 2.40. The molecule has 8 nitrogen and oxygen atoms in total. The van der Waals surface area contributed by atoms with Crippen molar-refractivity contribution in [2.75, 3.05) is 32.7 Å². The molecule has 8 heteroatoms. The number of hydrogen-bond donors (Lipinski definition) is 1. The number of aromatic amines is 1. The number of rotatable bonds is 11. The fourth-order valence-corrected chi connectivity index (χ4v) is 6.48. The van der Waals surface area contributed by atoms with Gasteiger partial charge in [0.25, 0.3) is 5.91 Å². The summed E-state index contributed by atoms with van der Waals surface area (Å²) < 4.78 is 2.15. The Balaban J connectivity index is 1.21. The molecule has 0 bridgehead atoms. The van der Waals surface area contributed by atoms with E-state index in [1.807, 2.05) is 29.4 Å². The van der Waals surface area contributed by atoms with E-state index >= 15 is 0 Å². The largest absolute Gasteiger partial charge is 0.347 e. The summed E-state index contributed by atoms with van der Waals surface area (Å²) in [5, 5.41) is 0. The van der Waals surface area contributed by atoms with Crippen molar-refractivity contribution in [1.29, 1.82) is 0 Å². The molecule has 0 unspecified atom stereocenters. The van der Waals surface area contributed by atoms with Crippen LogP contribution in [0.2, 0.25) is 0 Å². The molecule has 2 aliphatic rings. The van der Waals surface area contributed by atoms with Gasteiger partial charge in [-0.2, -0.15) is 0 Å². The van der Waals surface area contributed by atoms with Crippen LogP contribution in [-0.2, 0) is 26.2 Å². The van der Waals surface area contributed by atoms with Gasteiger partial charge in [-0.05, 0) is 73.8 Å². The third-order valence-corrected chi connectivity index (χ3v) is 8.54. The van der Waals surface area contributed by atoms with E-state index < -0.39 is 0 Å². The minimum absolute atomic E-state index is 0.00432.